The molecule has 11 aromatic rings. The highest BCUT2D eigenvalue weighted by molar-refractivity contribution is 6.76. The molecule has 8 aromatic heterocycles. The first kappa shape index (κ1) is 104. The highest BCUT2D eigenvalue weighted by atomic mass is 35.5. The Hall–Kier alpha value is -10.8. The molecular formula is C101H129BClF9N20O8Si2. The van der Waals surface area contributed by atoms with Gasteiger partial charge in [-0.15, -0.1) is 0 Å². The molecular weight excluding hydrogens is 1890 g/mol. The molecule has 7 fully saturated rings. The van der Waals surface area contributed by atoms with E-state index in [1.54, 1.807) is 52.3 Å². The lowest BCUT2D eigenvalue weighted by Crippen LogP contribution is -2.42. The number of alkyl halides is 3. The number of benzene rings is 3. The number of amides is 2. The highest BCUT2D eigenvalue weighted by Gasteiger charge is 2.53. The third-order valence-electron chi connectivity index (χ3n) is 27.3. The maximum Gasteiger partial charge on any atom is 0.498 e. The molecule has 6 atom stereocenters. The van der Waals surface area contributed by atoms with Crippen molar-refractivity contribution in [2.75, 3.05) is 81.9 Å². The monoisotopic (exact) mass is 2020 g/mol. The number of carbonyl (C=O) groups excluding carboxylic acids is 2. The quantitative estimate of drug-likeness (QED) is 0.0398. The fourth-order valence-corrected chi connectivity index (χ4v) is 20.6. The highest BCUT2D eigenvalue weighted by Crippen LogP contribution is 2.46. The van der Waals surface area contributed by atoms with Crippen molar-refractivity contribution < 1.29 is 77.4 Å². The van der Waals surface area contributed by atoms with Crippen molar-refractivity contribution >= 4 is 92.1 Å². The molecule has 28 nitrogen and oxygen atoms in total. The second-order valence-electron chi connectivity index (χ2n) is 43.5. The summed E-state index contributed by atoms with van der Waals surface area (Å²) in [6.45, 7) is 39.5. The van der Waals surface area contributed by atoms with Crippen LogP contribution in [0.4, 0.5) is 60.7 Å². The normalized spacial score (nSPS) is 20.8. The van der Waals surface area contributed by atoms with Crippen LogP contribution in [0.15, 0.2) is 134 Å². The van der Waals surface area contributed by atoms with Crippen LogP contribution in [0.1, 0.15) is 191 Å². The van der Waals surface area contributed by atoms with Crippen LogP contribution in [0.25, 0.3) is 44.3 Å². The van der Waals surface area contributed by atoms with Crippen molar-refractivity contribution in [1.29, 1.82) is 0 Å². The molecule has 762 valence electrons. The molecule has 8 aliphatic heterocycles. The number of piperidine rings is 3. The number of ether oxygens (including phenoxy) is 4. The number of halogens is 10. The van der Waals surface area contributed by atoms with Gasteiger partial charge < -0.3 is 58.1 Å². The number of anilines is 2. The lowest BCUT2D eigenvalue weighted by molar-refractivity contribution is 0.00578. The van der Waals surface area contributed by atoms with Gasteiger partial charge in [0, 0.05) is 168 Å². The van der Waals surface area contributed by atoms with Gasteiger partial charge in [-0.25, -0.2) is 68.4 Å². The lowest BCUT2D eigenvalue weighted by atomic mass is 9.82. The number of aromatic nitrogens is 13. The summed E-state index contributed by atoms with van der Waals surface area (Å²) in [6, 6.07) is 16.2. The Morgan fingerprint density at radius 3 is 1.35 bits per heavy atom. The predicted octanol–water partition coefficient (Wildman–Crippen LogP) is 20.7. The third kappa shape index (κ3) is 24.9. The summed E-state index contributed by atoms with van der Waals surface area (Å²) >= 11 is 6.18. The van der Waals surface area contributed by atoms with E-state index in [0.717, 1.165) is 157 Å². The van der Waals surface area contributed by atoms with Crippen molar-refractivity contribution in [2.24, 2.45) is 4.99 Å². The number of aliphatic imine (C=N–C) groups is 1. The lowest BCUT2D eigenvalue weighted by Gasteiger charge is -2.33. The summed E-state index contributed by atoms with van der Waals surface area (Å²) in [5.41, 5.74) is 5.73. The smallest absolute Gasteiger partial charge is 0.444 e. The van der Waals surface area contributed by atoms with Crippen molar-refractivity contribution in [3.63, 3.8) is 0 Å². The molecule has 142 heavy (non-hydrogen) atoms. The number of nitrogens with one attached hydrogen (secondary N) is 1. The Kier molecular flexibility index (Phi) is 31.4. The number of hydrogen-bond donors (Lipinski definition) is 1. The number of pyridine rings is 3. The van der Waals surface area contributed by atoms with Crippen LogP contribution in [0.5, 0.6) is 0 Å². The summed E-state index contributed by atoms with van der Waals surface area (Å²) in [7, 11) is -2.96. The number of rotatable bonds is 21. The van der Waals surface area contributed by atoms with E-state index in [2.05, 4.69) is 80.0 Å². The SMILES string of the molecule is CC(C)(C)OC(=O)N1CCC(n2cc(-c3cnc4c(c3)c(N3C[C@@H](F)C[C@@H]3c3cc(F)ccc3F)nn4COCC[Si](C)(C)C)cn2)CC1.CC(C)(C)OC(=O)N1CCC(n2cc(B3OC(C)(C)C(C)(C)O3)cn2)CC1.C[Si](C)(C)CCOCn1nc(N2C[C@@H](F)C[C@@H]2c2cc(F)ccc2F)c2cc(Cl)cnc21.Fc1ccc(F)c([C@H]2C[C@H](F)CN2C2=NCc3ncc(-c4cnn(C5CCNCC5)c4)cc32)c1. The first-order valence-electron chi connectivity index (χ1n) is 49.0. The molecule has 1 N–H and O–H groups in total. The van der Waals surface area contributed by atoms with Crippen LogP contribution >= 0.6 is 11.6 Å². The van der Waals surface area contributed by atoms with Gasteiger partial charge in [-0.3, -0.25) is 24.0 Å². The first-order valence-corrected chi connectivity index (χ1v) is 56.8. The molecule has 8 aliphatic rings. The molecule has 0 bridgehead atoms. The molecule has 0 saturated carbocycles. The second-order valence-corrected chi connectivity index (χ2v) is 55.1. The Labute approximate surface area is 829 Å². The van der Waals surface area contributed by atoms with Crippen molar-refractivity contribution in [2.45, 2.75) is 276 Å². The fraction of sp³-hybridized carbons (Fsp3) is 0.535. The average Bonchev–Trinajstić information content (AvgIpc) is 1.60. The van der Waals surface area contributed by atoms with Gasteiger partial charge in [0.1, 0.15) is 83.9 Å². The van der Waals surface area contributed by atoms with E-state index in [1.165, 1.54) is 6.20 Å². The number of fused-ring (bicyclic) bond motifs is 3. The van der Waals surface area contributed by atoms with Crippen molar-refractivity contribution in [3.8, 4) is 22.3 Å². The van der Waals surface area contributed by atoms with Gasteiger partial charge in [-0.05, 0) is 206 Å². The maximum atomic E-state index is 15.1. The van der Waals surface area contributed by atoms with E-state index < -0.39 is 106 Å². The number of hydrogen-bond acceptors (Lipinski definition) is 21. The first-order chi connectivity index (χ1) is 67.2. The van der Waals surface area contributed by atoms with E-state index in [0.29, 0.717) is 96.5 Å². The molecule has 0 spiro atoms. The van der Waals surface area contributed by atoms with Crippen LogP contribution < -0.4 is 20.6 Å². The minimum Gasteiger partial charge on any atom is -0.444 e. The van der Waals surface area contributed by atoms with E-state index in [-0.39, 0.29) is 105 Å². The summed E-state index contributed by atoms with van der Waals surface area (Å²) in [4.78, 5) is 51.8. The van der Waals surface area contributed by atoms with Crippen molar-refractivity contribution in [3.05, 3.63) is 196 Å². The third-order valence-corrected chi connectivity index (χ3v) is 30.9. The summed E-state index contributed by atoms with van der Waals surface area (Å²) in [6.07, 6.45) is 17.8. The Balaban J connectivity index is 0.000000140. The zero-order chi connectivity index (χ0) is 101. The zero-order valence-corrected chi connectivity index (χ0v) is 86.4. The molecule has 16 heterocycles. The summed E-state index contributed by atoms with van der Waals surface area (Å²) < 4.78 is 175. The standard InChI is InChI=1S/C35H46F3N7O3Si.C25H25F3N6.C22H26ClF3N4OSi.C19H32BN3O4/c1-35(2,3)48-34(46)42-11-9-27(10-12-42)44-20-24(19-40-44)23-15-29-32(39-18-23)45(22-47-13-14-49(4,5)6)41-33(29)43-21-26(37)17-31(43)28-16-25(36)7-8-30(28)38;26-17-1-2-22(28)20(8-17)24-9-18(27)14-33(24)25-21-7-15(10-30-23(21)12-31-25)16-11-32-34(13-16)19-3-5-29-6-4-19;1-32(2,3)7-6-31-13-30-21-18(8-14(23)11-27-21)22(28-30)29-12-16(25)10-20(29)17-9-15(24)4-5-19(17)26;1-17(2,3)25-16(24)22-10-8-15(9-11-22)23-13-14(12-21-23)20-26-18(4,5)19(6,7)27-20/h7-8,15-16,18-20,26-27,31H,9-14,17,21-22H2,1-6H3;1-2,7-8,10-11,13,18-19,24,29H,3-6,9,12,14H2;4-5,8-9,11,16,20H,6-7,10,12-13H2,1-3H3;12-13,15H,8-11H2,1-7H3/t26-,31+;18-,24+;16-,20+;/m000./s1. The molecule has 7 saturated heterocycles. The molecule has 2 amide bonds. The fourth-order valence-electron chi connectivity index (χ4n) is 19.0. The summed E-state index contributed by atoms with van der Waals surface area (Å²) in [5.74, 6) is -1.95. The molecule has 41 heteroatoms. The topological polar surface area (TPSA) is 258 Å². The molecule has 0 unspecified atom stereocenters. The van der Waals surface area contributed by atoms with Crippen LogP contribution in [0.3, 0.4) is 0 Å². The molecule has 19 rings (SSSR count). The Morgan fingerprint density at radius 2 is 0.901 bits per heavy atom. The van der Waals surface area contributed by atoms with Crippen LogP contribution in [0, 0.1) is 34.9 Å². The van der Waals surface area contributed by atoms with Gasteiger partial charge in [-0.2, -0.15) is 25.5 Å². The maximum absolute atomic E-state index is 15.1. The predicted molar refractivity (Wildman–Crippen MR) is 534 cm³/mol. The van der Waals surface area contributed by atoms with E-state index in [4.69, 9.17) is 49.9 Å². The van der Waals surface area contributed by atoms with Crippen LogP contribution in [-0.2, 0) is 48.3 Å². The van der Waals surface area contributed by atoms with Crippen molar-refractivity contribution in [1.82, 2.24) is 83.9 Å². The summed E-state index contributed by atoms with van der Waals surface area (Å²) in [5, 5.41) is 28.3. The van der Waals surface area contributed by atoms with E-state index in [1.807, 2.05) is 133 Å². The number of likely N-dealkylation sites (tertiary alicyclic amines) is 3. The zero-order valence-electron chi connectivity index (χ0n) is 83.6. The van der Waals surface area contributed by atoms with Crippen LogP contribution in [0.2, 0.25) is 56.4 Å². The second kappa shape index (κ2) is 42.9. The van der Waals surface area contributed by atoms with Gasteiger partial charge in [0.15, 0.2) is 22.9 Å². The number of amidine groups is 1. The molecule has 0 aliphatic carbocycles. The average molecular weight is 2020 g/mol. The largest absolute Gasteiger partial charge is 0.498 e. The molecule has 0 radical (unpaired) electrons. The van der Waals surface area contributed by atoms with Gasteiger partial charge in [0.25, 0.3) is 0 Å². The minimum absolute atomic E-state index is 0.00801. The van der Waals surface area contributed by atoms with Gasteiger partial charge in [-0.1, -0.05) is 50.9 Å². The van der Waals surface area contributed by atoms with E-state index in [9.17, 15) is 40.3 Å². The van der Waals surface area contributed by atoms with Gasteiger partial charge in [0.05, 0.1) is 108 Å². The van der Waals surface area contributed by atoms with Gasteiger partial charge in [0.2, 0.25) is 0 Å². The van der Waals surface area contributed by atoms with E-state index >= 15 is 8.78 Å². The minimum atomic E-state index is -1.32. The van der Waals surface area contributed by atoms with Crippen LogP contribution in [-0.4, -0.2) is 233 Å². The number of carbonyl (C=O) groups is 2. The van der Waals surface area contributed by atoms with Gasteiger partial charge >= 0.3 is 19.3 Å². The Bertz CT molecular complexity index is 6300. The Morgan fingerprint density at radius 1 is 0.500 bits per heavy atom. The molecule has 3 aromatic carbocycles. The number of nitrogens with zero attached hydrogens (tertiary/aromatic N) is 19.